The Morgan fingerprint density at radius 2 is 1.17 bits per heavy atom. The van der Waals surface area contributed by atoms with E-state index in [4.69, 9.17) is 19.6 Å². The van der Waals surface area contributed by atoms with Crippen molar-refractivity contribution in [2.24, 2.45) is 0 Å². The van der Waals surface area contributed by atoms with Crippen LogP contribution in [-0.4, -0.2) is 19.6 Å². The van der Waals surface area contributed by atoms with Crippen LogP contribution in [0, 0.1) is 0 Å². The minimum atomic E-state index is -3.03. The van der Waals surface area contributed by atoms with E-state index in [1.807, 2.05) is 100.0 Å². The number of pyridine rings is 1. The lowest BCUT2D eigenvalue weighted by Crippen LogP contribution is -2.18. The Labute approximate surface area is 398 Å². The molecule has 0 spiro atoms. The number of phenolic OH excluding ortho intramolecular Hbond substituents is 1. The van der Waals surface area contributed by atoms with E-state index in [-0.39, 0.29) is 16.5 Å². The van der Waals surface area contributed by atoms with Crippen LogP contribution in [-0.2, 0) is 21.7 Å². The second-order valence-corrected chi connectivity index (χ2v) is 21.1. The molecule has 4 nitrogen and oxygen atoms in total. The number of phenols is 1. The summed E-state index contributed by atoms with van der Waals surface area (Å²) in [5, 5.41) is 12.8. The Balaban J connectivity index is 1.46. The normalized spacial score (nSPS) is 14.8. The van der Waals surface area contributed by atoms with Crippen molar-refractivity contribution in [1.29, 1.82) is 0 Å². The Morgan fingerprint density at radius 1 is 0.538 bits per heavy atom. The van der Waals surface area contributed by atoms with Crippen LogP contribution < -0.4 is 0 Å². The molecule has 4 heteroatoms. The maximum Gasteiger partial charge on any atom is 0.149 e. The lowest BCUT2D eigenvalue weighted by atomic mass is 9.78. The van der Waals surface area contributed by atoms with Crippen LogP contribution in [0.25, 0.3) is 72.7 Å². The summed E-state index contributed by atoms with van der Waals surface area (Å²) >= 11 is 0. The Kier molecular flexibility index (Phi) is 9.47. The van der Waals surface area contributed by atoms with Crippen LogP contribution in [0.1, 0.15) is 140 Å². The van der Waals surface area contributed by atoms with Gasteiger partial charge in [-0.3, -0.25) is 9.55 Å². The number of hydrogen-bond acceptors (Lipinski definition) is 3. The van der Waals surface area contributed by atoms with Gasteiger partial charge in [0.05, 0.1) is 28.0 Å². The summed E-state index contributed by atoms with van der Waals surface area (Å²) in [6.07, 6.45) is 1.83. The quantitative estimate of drug-likeness (QED) is 0.174. The predicted octanol–water partition coefficient (Wildman–Crippen LogP) is 16.8. The molecule has 2 heterocycles. The second kappa shape index (κ2) is 16.6. The summed E-state index contributed by atoms with van der Waals surface area (Å²) in [4.78, 5) is 10.4. The van der Waals surface area contributed by atoms with E-state index >= 15 is 0 Å². The standard InChI is InChI=1S/C61H67N3O/c1-38(2)39-23-25-41(26-24-39)43-29-30-62-52(35-43)45-31-44(32-46(33-45)58(3,4)5)48-21-18-22-54-55(48)63-57(49-36-47(59(6,7)8)37-51(56(49)65)61(12,13)14)64(54)53-28-27-42(34-50(53)60(9,10)11)40-19-16-15-17-20-40/h15-38,65H,1-14H3/i12D3,13D3,38D. The molecule has 65 heavy (non-hydrogen) atoms. The van der Waals surface area contributed by atoms with Gasteiger partial charge in [-0.15, -0.1) is 0 Å². The van der Waals surface area contributed by atoms with Crippen molar-refractivity contribution in [2.75, 3.05) is 0 Å². The van der Waals surface area contributed by atoms with Crippen molar-refractivity contribution in [2.45, 2.75) is 124 Å². The highest BCUT2D eigenvalue weighted by molar-refractivity contribution is 5.97. The molecule has 8 aromatic rings. The highest BCUT2D eigenvalue weighted by atomic mass is 16.3. The summed E-state index contributed by atoms with van der Waals surface area (Å²) in [5.41, 5.74) is 9.67. The van der Waals surface area contributed by atoms with Gasteiger partial charge in [-0.2, -0.15) is 0 Å². The molecule has 6 aromatic carbocycles. The summed E-state index contributed by atoms with van der Waals surface area (Å²) in [6.45, 7) is 17.9. The van der Waals surface area contributed by atoms with Gasteiger partial charge in [0.2, 0.25) is 0 Å². The first-order valence-corrected chi connectivity index (χ1v) is 22.6. The molecular formula is C61H67N3O. The fourth-order valence-electron chi connectivity index (χ4n) is 8.65. The number of hydrogen-bond donors (Lipinski definition) is 1. The van der Waals surface area contributed by atoms with Crippen molar-refractivity contribution in [3.8, 4) is 67.5 Å². The van der Waals surface area contributed by atoms with E-state index in [2.05, 4.69) is 114 Å². The van der Waals surface area contributed by atoms with Gasteiger partial charge in [0.15, 0.2) is 0 Å². The van der Waals surface area contributed by atoms with Crippen LogP contribution in [0.2, 0.25) is 0 Å². The van der Waals surface area contributed by atoms with Crippen LogP contribution in [0.3, 0.4) is 0 Å². The smallest absolute Gasteiger partial charge is 0.149 e. The first-order chi connectivity index (χ1) is 33.3. The molecule has 0 amide bonds. The Hall–Kier alpha value is -6.26. The molecule has 1 N–H and O–H groups in total. The molecule has 0 aliphatic heterocycles. The number of rotatable bonds is 7. The maximum absolute atomic E-state index is 12.8. The van der Waals surface area contributed by atoms with Gasteiger partial charge in [0.1, 0.15) is 11.6 Å². The predicted molar refractivity (Wildman–Crippen MR) is 277 cm³/mol. The third kappa shape index (κ3) is 9.06. The van der Waals surface area contributed by atoms with Crippen molar-refractivity contribution < 1.29 is 14.7 Å². The summed E-state index contributed by atoms with van der Waals surface area (Å²) in [5.74, 6) is -0.830. The second-order valence-electron chi connectivity index (χ2n) is 21.1. The zero-order valence-corrected chi connectivity index (χ0v) is 40.1. The number of nitrogens with zero attached hydrogens (tertiary/aromatic N) is 3. The van der Waals surface area contributed by atoms with E-state index < -0.39 is 41.6 Å². The number of aromatic hydroxyl groups is 1. The van der Waals surface area contributed by atoms with E-state index in [1.165, 1.54) is 6.92 Å². The average Bonchev–Trinajstić information content (AvgIpc) is 3.69. The van der Waals surface area contributed by atoms with Gasteiger partial charge in [-0.25, -0.2) is 4.98 Å². The molecule has 8 rings (SSSR count). The average molecular weight is 865 g/mol. The van der Waals surface area contributed by atoms with Crippen molar-refractivity contribution in [3.63, 3.8) is 0 Å². The van der Waals surface area contributed by atoms with Gasteiger partial charge >= 0.3 is 0 Å². The lowest BCUT2D eigenvalue weighted by Gasteiger charge is -2.28. The number of fused-ring (bicyclic) bond motifs is 1. The SMILES string of the molecule is [2H]C(C)(C)c1ccc(-c2ccnc(-c3cc(-c4cccc5c4nc(-c4cc(C(C)(C)C)cc(C(C)(C([2H])([2H])[2H])C([2H])([2H])[2H])c4O)n5-c4ccc(-c5ccccc5)cc4C(C)(C)C)cc(C(C)(C)C)c3)c2)cc1. The third-order valence-electron chi connectivity index (χ3n) is 12.6. The van der Waals surface area contributed by atoms with E-state index in [1.54, 1.807) is 6.07 Å². The van der Waals surface area contributed by atoms with Crippen LogP contribution in [0.4, 0.5) is 0 Å². The minimum absolute atomic E-state index is 0.187. The minimum Gasteiger partial charge on any atom is -0.507 e. The first-order valence-electron chi connectivity index (χ1n) is 26.1. The highest BCUT2D eigenvalue weighted by Crippen LogP contribution is 2.46. The fourth-order valence-corrected chi connectivity index (χ4v) is 8.65. The summed E-state index contributed by atoms with van der Waals surface area (Å²) in [7, 11) is 0. The van der Waals surface area contributed by atoms with Gasteiger partial charge in [0, 0.05) is 32.5 Å². The Morgan fingerprint density at radius 3 is 1.82 bits per heavy atom. The molecule has 0 aliphatic rings. The zero-order chi connectivity index (χ0) is 52.7. The third-order valence-corrected chi connectivity index (χ3v) is 12.6. The van der Waals surface area contributed by atoms with Crippen LogP contribution >= 0.6 is 0 Å². The van der Waals surface area contributed by atoms with Crippen molar-refractivity contribution in [1.82, 2.24) is 14.5 Å². The molecule has 2 aromatic heterocycles. The molecule has 0 atom stereocenters. The van der Waals surface area contributed by atoms with E-state index in [0.29, 0.717) is 16.9 Å². The van der Waals surface area contributed by atoms with Crippen LogP contribution in [0.15, 0.2) is 140 Å². The number of aromatic nitrogens is 3. The molecule has 332 valence electrons. The lowest BCUT2D eigenvalue weighted by molar-refractivity contribution is 0.446. The molecule has 0 unspecified atom stereocenters. The molecule has 0 saturated heterocycles. The van der Waals surface area contributed by atoms with Gasteiger partial charge in [-0.05, 0) is 126 Å². The monoisotopic (exact) mass is 865 g/mol. The number of benzene rings is 6. The van der Waals surface area contributed by atoms with Gasteiger partial charge in [0.25, 0.3) is 0 Å². The molecule has 0 aliphatic carbocycles. The molecule has 0 saturated carbocycles. The van der Waals surface area contributed by atoms with Crippen molar-refractivity contribution >= 4 is 11.0 Å². The van der Waals surface area contributed by atoms with Gasteiger partial charge < -0.3 is 5.11 Å². The maximum atomic E-state index is 12.8. The van der Waals surface area contributed by atoms with E-state index in [0.717, 1.165) is 72.5 Å². The fraction of sp³-hybridized carbons (Fsp3) is 0.311. The molecule has 0 radical (unpaired) electrons. The molecule has 0 bridgehead atoms. The summed E-state index contributed by atoms with van der Waals surface area (Å²) in [6, 6.07) is 44.8. The highest BCUT2D eigenvalue weighted by Gasteiger charge is 2.31. The van der Waals surface area contributed by atoms with Gasteiger partial charge in [-0.1, -0.05) is 182 Å². The molecular weight excluding hydrogens is 791 g/mol. The van der Waals surface area contributed by atoms with Crippen LogP contribution in [0.5, 0.6) is 5.75 Å². The topological polar surface area (TPSA) is 50.9 Å². The zero-order valence-electron chi connectivity index (χ0n) is 47.1. The molecule has 0 fully saturated rings. The van der Waals surface area contributed by atoms with Crippen molar-refractivity contribution in [3.05, 3.63) is 167 Å². The summed E-state index contributed by atoms with van der Waals surface area (Å²) < 4.78 is 62.8. The number of para-hydroxylation sites is 1. The first kappa shape index (κ1) is 37.0. The largest absolute Gasteiger partial charge is 0.507 e. The number of imidazole rings is 1. The van der Waals surface area contributed by atoms with E-state index in [9.17, 15) is 5.11 Å². The Bertz CT molecular complexity index is 3310.